The molecule has 3 rings (SSSR count). The molecular weight excluding hydrogens is 523 g/mol. The first-order valence-corrected chi connectivity index (χ1v) is 11.9. The lowest BCUT2D eigenvalue weighted by molar-refractivity contribution is -0.197. The van der Waals surface area contributed by atoms with Gasteiger partial charge in [0, 0.05) is 6.08 Å². The summed E-state index contributed by atoms with van der Waals surface area (Å²) < 4.78 is 78.4. The maximum atomic E-state index is 13.3. The molecule has 2 atom stereocenters. The first-order valence-electron chi connectivity index (χ1n) is 11.9. The van der Waals surface area contributed by atoms with E-state index in [-0.39, 0.29) is 30.9 Å². The molecule has 0 saturated carbocycles. The third kappa shape index (κ3) is 9.88. The summed E-state index contributed by atoms with van der Waals surface area (Å²) in [5, 5.41) is 0. The molecule has 5 nitrogen and oxygen atoms in total. The van der Waals surface area contributed by atoms with Crippen LogP contribution in [-0.4, -0.2) is 37.1 Å². The van der Waals surface area contributed by atoms with Gasteiger partial charge < -0.3 is 14.2 Å². The lowest BCUT2D eigenvalue weighted by atomic mass is 10.1. The van der Waals surface area contributed by atoms with Gasteiger partial charge in [-0.2, -0.15) is 13.2 Å². The van der Waals surface area contributed by atoms with Crippen molar-refractivity contribution in [2.24, 2.45) is 0 Å². The van der Waals surface area contributed by atoms with Crippen LogP contribution in [0.2, 0.25) is 0 Å². The van der Waals surface area contributed by atoms with E-state index < -0.39 is 36.9 Å². The van der Waals surface area contributed by atoms with Crippen molar-refractivity contribution in [1.82, 2.24) is 0 Å². The molecule has 39 heavy (non-hydrogen) atoms. The van der Waals surface area contributed by atoms with Crippen molar-refractivity contribution < 1.29 is 45.8 Å². The number of alkyl halides is 5. The quantitative estimate of drug-likeness (QED) is 0.0798. The van der Waals surface area contributed by atoms with Crippen LogP contribution in [0.4, 0.5) is 22.0 Å². The maximum absolute atomic E-state index is 13.3. The van der Waals surface area contributed by atoms with Gasteiger partial charge in [-0.25, -0.2) is 18.4 Å². The number of esters is 2. The Balaban J connectivity index is 1.41. The summed E-state index contributed by atoms with van der Waals surface area (Å²) >= 11 is 0. The van der Waals surface area contributed by atoms with E-state index in [1.165, 1.54) is 30.3 Å². The molecule has 0 fully saturated rings. The highest BCUT2D eigenvalue weighted by atomic mass is 19.4. The monoisotopic (exact) mass is 548 g/mol. The molecule has 0 aliphatic carbocycles. The number of halogens is 5. The molecule has 3 aromatic carbocycles. The molecule has 0 saturated heterocycles. The van der Waals surface area contributed by atoms with Crippen LogP contribution in [0.25, 0.3) is 6.08 Å². The van der Waals surface area contributed by atoms with E-state index in [9.17, 15) is 31.5 Å². The second kappa shape index (κ2) is 14.1. The van der Waals surface area contributed by atoms with Gasteiger partial charge in [-0.05, 0) is 66.4 Å². The molecule has 0 bridgehead atoms. The van der Waals surface area contributed by atoms with Crippen molar-refractivity contribution in [2.45, 2.75) is 38.0 Å². The Morgan fingerprint density at radius 3 is 2.13 bits per heavy atom. The van der Waals surface area contributed by atoms with Gasteiger partial charge in [0.1, 0.15) is 24.3 Å². The van der Waals surface area contributed by atoms with E-state index in [1.54, 1.807) is 30.3 Å². The highest BCUT2D eigenvalue weighted by Gasteiger charge is 2.45. The van der Waals surface area contributed by atoms with Crippen molar-refractivity contribution in [1.29, 1.82) is 0 Å². The van der Waals surface area contributed by atoms with Crippen LogP contribution in [0.5, 0.6) is 11.5 Å². The number of hydrogen-bond donors (Lipinski definition) is 0. The average molecular weight is 549 g/mol. The van der Waals surface area contributed by atoms with Crippen LogP contribution in [0.15, 0.2) is 84.9 Å². The summed E-state index contributed by atoms with van der Waals surface area (Å²) in [7, 11) is 0. The number of hydrogen-bond acceptors (Lipinski definition) is 5. The molecule has 10 heteroatoms. The highest BCUT2D eigenvalue weighted by Crippen LogP contribution is 2.29. The predicted octanol–water partition coefficient (Wildman–Crippen LogP) is 7.06. The summed E-state index contributed by atoms with van der Waals surface area (Å²) in [6.45, 7) is 0.0398. The number of benzene rings is 3. The third-order valence-corrected chi connectivity index (χ3v) is 5.34. The van der Waals surface area contributed by atoms with E-state index in [4.69, 9.17) is 14.2 Å². The molecular formula is C29H25F5O5. The van der Waals surface area contributed by atoms with Gasteiger partial charge in [0.25, 0.3) is 0 Å². The highest BCUT2D eigenvalue weighted by molar-refractivity contribution is 5.91. The Morgan fingerprint density at radius 1 is 0.846 bits per heavy atom. The average Bonchev–Trinajstić information content (AvgIpc) is 2.93. The normalized spacial score (nSPS) is 13.1. The van der Waals surface area contributed by atoms with E-state index in [2.05, 4.69) is 0 Å². The zero-order valence-electron chi connectivity index (χ0n) is 20.6. The van der Waals surface area contributed by atoms with Crippen LogP contribution in [0.1, 0.15) is 34.3 Å². The number of carbonyl (C=O) groups is 2. The van der Waals surface area contributed by atoms with Gasteiger partial charge in [0.15, 0.2) is 0 Å². The van der Waals surface area contributed by atoms with Crippen molar-refractivity contribution >= 4 is 18.0 Å². The van der Waals surface area contributed by atoms with Crippen molar-refractivity contribution in [2.75, 3.05) is 6.61 Å². The lowest BCUT2D eigenvalue weighted by Crippen LogP contribution is -2.33. The van der Waals surface area contributed by atoms with E-state index in [1.807, 2.05) is 30.3 Å². The zero-order chi connectivity index (χ0) is 28.3. The first kappa shape index (κ1) is 29.3. The minimum absolute atomic E-state index is 0.123. The fourth-order valence-electron chi connectivity index (χ4n) is 3.26. The Morgan fingerprint density at radius 2 is 1.49 bits per heavy atom. The molecule has 3 aromatic rings. The Labute approximate surface area is 221 Å². The largest absolute Gasteiger partial charge is 0.494 e. The van der Waals surface area contributed by atoms with Crippen LogP contribution in [0.3, 0.4) is 0 Å². The predicted molar refractivity (Wildman–Crippen MR) is 134 cm³/mol. The van der Waals surface area contributed by atoms with Gasteiger partial charge in [-0.1, -0.05) is 42.5 Å². The SMILES string of the molecule is O=C(/C=C/c1ccc(OC(=O)c2ccc(OCCCC(F)C(F)C(F)(F)F)cc2)cc1)OCc1ccccc1. The first-order chi connectivity index (χ1) is 18.6. The zero-order valence-corrected chi connectivity index (χ0v) is 20.6. The molecule has 0 spiro atoms. The summed E-state index contributed by atoms with van der Waals surface area (Å²) in [5.41, 5.74) is 1.77. The lowest BCUT2D eigenvalue weighted by Gasteiger charge is -2.16. The van der Waals surface area contributed by atoms with Crippen LogP contribution in [-0.2, 0) is 16.1 Å². The fraction of sp³-hybridized carbons (Fsp3) is 0.241. The van der Waals surface area contributed by atoms with Gasteiger partial charge >= 0.3 is 18.1 Å². The minimum Gasteiger partial charge on any atom is -0.494 e. The van der Waals surface area contributed by atoms with Gasteiger partial charge in [-0.3, -0.25) is 0 Å². The molecule has 0 N–H and O–H groups in total. The summed E-state index contributed by atoms with van der Waals surface area (Å²) in [5.74, 6) is -0.568. The Kier molecular flexibility index (Phi) is 10.6. The second-order valence-corrected chi connectivity index (χ2v) is 8.36. The molecule has 0 radical (unpaired) electrons. The van der Waals surface area contributed by atoms with Crippen LogP contribution >= 0.6 is 0 Å². The third-order valence-electron chi connectivity index (χ3n) is 5.34. The molecule has 206 valence electrons. The van der Waals surface area contributed by atoms with E-state index in [0.29, 0.717) is 11.3 Å². The van der Waals surface area contributed by atoms with Crippen LogP contribution in [0, 0.1) is 0 Å². The topological polar surface area (TPSA) is 61.8 Å². The van der Waals surface area contributed by atoms with Crippen molar-refractivity contribution in [3.05, 3.63) is 102 Å². The number of carbonyl (C=O) groups excluding carboxylic acids is 2. The molecule has 2 unspecified atom stereocenters. The Bertz CT molecular complexity index is 1230. The second-order valence-electron chi connectivity index (χ2n) is 8.36. The smallest absolute Gasteiger partial charge is 0.422 e. The summed E-state index contributed by atoms with van der Waals surface area (Å²) in [4.78, 5) is 24.3. The molecule has 0 aromatic heterocycles. The summed E-state index contributed by atoms with van der Waals surface area (Å²) in [6, 6.07) is 21.4. The maximum Gasteiger partial charge on any atom is 0.422 e. The molecule has 0 aliphatic heterocycles. The van der Waals surface area contributed by atoms with Crippen molar-refractivity contribution in [3.63, 3.8) is 0 Å². The minimum atomic E-state index is -5.23. The molecule has 0 heterocycles. The standard InChI is InChI=1S/C29H25F5O5/c30-25(27(31)29(32,33)34)7-4-18-37-23-15-11-22(12-16-23)28(36)39-24-13-8-20(9-14-24)10-17-26(35)38-19-21-5-2-1-3-6-21/h1-3,5-6,8-17,25,27H,4,7,18-19H2/b17-10+. The van der Waals surface area contributed by atoms with Gasteiger partial charge in [0.2, 0.25) is 6.17 Å². The molecule has 0 amide bonds. The molecule has 0 aliphatic rings. The van der Waals surface area contributed by atoms with E-state index >= 15 is 0 Å². The van der Waals surface area contributed by atoms with Crippen molar-refractivity contribution in [3.8, 4) is 11.5 Å². The van der Waals surface area contributed by atoms with E-state index in [0.717, 1.165) is 5.56 Å². The summed E-state index contributed by atoms with van der Waals surface area (Å²) in [6.07, 6.45) is -9.31. The number of ether oxygens (including phenoxy) is 3. The fourth-order valence-corrected chi connectivity index (χ4v) is 3.26. The Hall–Kier alpha value is -4.21. The van der Waals surface area contributed by atoms with Gasteiger partial charge in [-0.15, -0.1) is 0 Å². The van der Waals surface area contributed by atoms with Gasteiger partial charge in [0.05, 0.1) is 12.2 Å². The number of rotatable bonds is 12. The van der Waals surface area contributed by atoms with Crippen LogP contribution < -0.4 is 9.47 Å².